The molecule has 1 N–H and O–H groups in total. The first-order valence-electron chi connectivity index (χ1n) is 10.9. The van der Waals surface area contributed by atoms with E-state index in [1.54, 1.807) is 28.6 Å². The largest absolute Gasteiger partial charge is 0.335 e. The molecule has 2 heterocycles. The van der Waals surface area contributed by atoms with Crippen molar-refractivity contribution in [3.63, 3.8) is 0 Å². The highest BCUT2D eigenvalue weighted by Gasteiger charge is 2.43. The van der Waals surface area contributed by atoms with Gasteiger partial charge >= 0.3 is 0 Å². The molecule has 7 heteroatoms. The molecular formula is C24H31N3O3S. The number of benzene rings is 2. The van der Waals surface area contributed by atoms with E-state index in [4.69, 9.17) is 0 Å². The summed E-state index contributed by atoms with van der Waals surface area (Å²) < 4.78 is 28.8. The van der Waals surface area contributed by atoms with Crippen molar-refractivity contribution in [1.29, 1.82) is 0 Å². The van der Waals surface area contributed by atoms with Crippen molar-refractivity contribution >= 4 is 15.9 Å². The van der Waals surface area contributed by atoms with Gasteiger partial charge in [-0.15, -0.1) is 0 Å². The number of amides is 1. The Morgan fingerprint density at radius 3 is 2.29 bits per heavy atom. The van der Waals surface area contributed by atoms with E-state index in [1.165, 1.54) is 0 Å². The number of nitrogens with one attached hydrogen (secondary N) is 1. The molecule has 0 bridgehead atoms. The Bertz CT molecular complexity index is 1010. The lowest BCUT2D eigenvalue weighted by Gasteiger charge is -2.46. The summed E-state index contributed by atoms with van der Waals surface area (Å²) in [6, 6.07) is 18.0. The minimum absolute atomic E-state index is 0.0614. The molecule has 2 fully saturated rings. The summed E-state index contributed by atoms with van der Waals surface area (Å²) in [7, 11) is -3.74. The third-order valence-corrected chi connectivity index (χ3v) is 8.38. The fourth-order valence-corrected chi connectivity index (χ4v) is 6.46. The molecule has 6 nitrogen and oxygen atoms in total. The average Bonchev–Trinajstić information content (AvgIpc) is 2.79. The van der Waals surface area contributed by atoms with Crippen LogP contribution in [0.3, 0.4) is 0 Å². The number of hydrogen-bond donors (Lipinski definition) is 1. The van der Waals surface area contributed by atoms with Gasteiger partial charge in [0.1, 0.15) is 0 Å². The van der Waals surface area contributed by atoms with Gasteiger partial charge in [0.25, 0.3) is 0 Å². The maximum Gasteiger partial charge on any atom is 0.243 e. The van der Waals surface area contributed by atoms with Gasteiger partial charge < -0.3 is 10.2 Å². The number of carbonyl (C=O) groups excluding carboxylic acids is 1. The van der Waals surface area contributed by atoms with Gasteiger partial charge in [-0.1, -0.05) is 48.5 Å². The van der Waals surface area contributed by atoms with Crippen molar-refractivity contribution in [3.8, 4) is 0 Å². The lowest BCUT2D eigenvalue weighted by atomic mass is 9.88. The van der Waals surface area contributed by atoms with E-state index in [0.29, 0.717) is 19.4 Å². The predicted molar refractivity (Wildman–Crippen MR) is 121 cm³/mol. The molecule has 166 valence electrons. The average molecular weight is 442 g/mol. The highest BCUT2D eigenvalue weighted by molar-refractivity contribution is 7.89. The monoisotopic (exact) mass is 441 g/mol. The molecule has 31 heavy (non-hydrogen) atoms. The van der Waals surface area contributed by atoms with E-state index in [0.717, 1.165) is 18.7 Å². The molecule has 2 aliphatic heterocycles. The summed E-state index contributed by atoms with van der Waals surface area (Å²) in [6.45, 7) is 6.48. The number of sulfonamides is 1. The Morgan fingerprint density at radius 1 is 1.00 bits per heavy atom. The number of piperazine rings is 1. The van der Waals surface area contributed by atoms with Crippen molar-refractivity contribution in [3.05, 3.63) is 66.2 Å². The fourth-order valence-electron chi connectivity index (χ4n) is 4.75. The molecule has 0 aromatic heterocycles. The van der Waals surface area contributed by atoms with Crippen LogP contribution in [0.25, 0.3) is 0 Å². The molecule has 0 radical (unpaired) electrons. The van der Waals surface area contributed by atoms with Gasteiger partial charge in [0, 0.05) is 31.7 Å². The van der Waals surface area contributed by atoms with Crippen molar-refractivity contribution in [1.82, 2.24) is 14.5 Å². The maximum atomic E-state index is 13.6. The minimum Gasteiger partial charge on any atom is -0.335 e. The highest BCUT2D eigenvalue weighted by atomic mass is 32.2. The molecule has 2 aromatic carbocycles. The molecule has 2 saturated heterocycles. The Kier molecular flexibility index (Phi) is 6.19. The summed E-state index contributed by atoms with van der Waals surface area (Å²) in [5, 5.41) is 3.35. The molecule has 2 atom stereocenters. The Labute approximate surface area is 185 Å². The summed E-state index contributed by atoms with van der Waals surface area (Å²) in [5.74, 6) is -0.276. The third-order valence-electron chi connectivity index (χ3n) is 6.49. The Balaban J connectivity index is 1.66. The lowest BCUT2D eigenvalue weighted by Crippen LogP contribution is -2.62. The van der Waals surface area contributed by atoms with Crippen molar-refractivity contribution in [2.75, 3.05) is 26.2 Å². The maximum absolute atomic E-state index is 13.6. The molecule has 2 aliphatic rings. The van der Waals surface area contributed by atoms with E-state index in [1.807, 2.05) is 41.3 Å². The van der Waals surface area contributed by atoms with Crippen LogP contribution < -0.4 is 5.32 Å². The van der Waals surface area contributed by atoms with Crippen molar-refractivity contribution in [2.24, 2.45) is 5.92 Å². The lowest BCUT2D eigenvalue weighted by molar-refractivity contribution is -0.143. The quantitative estimate of drug-likeness (QED) is 0.792. The number of nitrogens with zero attached hydrogens (tertiary/aromatic N) is 2. The van der Waals surface area contributed by atoms with Gasteiger partial charge in [-0.25, -0.2) is 8.42 Å². The molecule has 0 aliphatic carbocycles. The summed E-state index contributed by atoms with van der Waals surface area (Å²) >= 11 is 0. The van der Waals surface area contributed by atoms with Gasteiger partial charge in [-0.3, -0.25) is 4.79 Å². The van der Waals surface area contributed by atoms with Crippen LogP contribution in [0, 0.1) is 5.92 Å². The van der Waals surface area contributed by atoms with Gasteiger partial charge in [-0.05, 0) is 44.4 Å². The van der Waals surface area contributed by atoms with Crippen molar-refractivity contribution in [2.45, 2.75) is 43.2 Å². The van der Waals surface area contributed by atoms with E-state index in [2.05, 4.69) is 19.2 Å². The first kappa shape index (κ1) is 22.0. The standard InChI is InChI=1S/C24H31N3O3S/c1-24(2)18-25-15-16-26(24)23(28)20-13-14-22(19-9-5-3-6-10-19)27(17-20)31(29,30)21-11-7-4-8-12-21/h3-12,20,22,25H,13-18H2,1-2H3/t20-,22?/m1/s1. The summed E-state index contributed by atoms with van der Waals surface area (Å²) in [4.78, 5) is 15.7. The third kappa shape index (κ3) is 4.40. The van der Waals surface area contributed by atoms with Crippen LogP contribution in [-0.4, -0.2) is 55.2 Å². The summed E-state index contributed by atoms with van der Waals surface area (Å²) in [5.41, 5.74) is 0.685. The number of piperidine rings is 1. The molecule has 2 aromatic rings. The first-order valence-corrected chi connectivity index (χ1v) is 12.4. The van der Waals surface area contributed by atoms with Gasteiger partial charge in [0.15, 0.2) is 0 Å². The molecule has 1 amide bonds. The Hall–Kier alpha value is -2.22. The van der Waals surface area contributed by atoms with Crippen LogP contribution in [0.15, 0.2) is 65.6 Å². The highest BCUT2D eigenvalue weighted by Crippen LogP contribution is 2.38. The SMILES string of the molecule is CC1(C)CNCCN1C(=O)[C@@H]1CCC(c2ccccc2)N(S(=O)(=O)c2ccccc2)C1. The number of hydrogen-bond acceptors (Lipinski definition) is 4. The van der Waals surface area contributed by atoms with E-state index >= 15 is 0 Å². The molecule has 0 saturated carbocycles. The second-order valence-corrected chi connectivity index (χ2v) is 11.0. The smallest absolute Gasteiger partial charge is 0.243 e. The second-order valence-electron chi connectivity index (χ2n) is 9.07. The van der Waals surface area contributed by atoms with E-state index in [-0.39, 0.29) is 34.8 Å². The zero-order valence-electron chi connectivity index (χ0n) is 18.2. The van der Waals surface area contributed by atoms with Crippen LogP contribution in [0.5, 0.6) is 0 Å². The number of carbonyl (C=O) groups is 1. The van der Waals surface area contributed by atoms with Crippen LogP contribution in [0.4, 0.5) is 0 Å². The van der Waals surface area contributed by atoms with E-state index in [9.17, 15) is 13.2 Å². The van der Waals surface area contributed by atoms with Crippen LogP contribution in [0.1, 0.15) is 38.3 Å². The van der Waals surface area contributed by atoms with Gasteiger partial charge in [-0.2, -0.15) is 4.31 Å². The van der Waals surface area contributed by atoms with Crippen LogP contribution in [0.2, 0.25) is 0 Å². The predicted octanol–water partition coefficient (Wildman–Crippen LogP) is 3.04. The minimum atomic E-state index is -3.74. The second kappa shape index (κ2) is 8.73. The zero-order valence-corrected chi connectivity index (χ0v) is 19.0. The van der Waals surface area contributed by atoms with Crippen LogP contribution >= 0.6 is 0 Å². The van der Waals surface area contributed by atoms with E-state index < -0.39 is 10.0 Å². The van der Waals surface area contributed by atoms with Gasteiger partial charge in [0.2, 0.25) is 15.9 Å². The molecule has 1 unspecified atom stereocenters. The number of rotatable bonds is 4. The normalized spacial score (nSPS) is 24.6. The molecular weight excluding hydrogens is 410 g/mol. The molecule has 0 spiro atoms. The molecule has 4 rings (SSSR count). The van der Waals surface area contributed by atoms with Crippen molar-refractivity contribution < 1.29 is 13.2 Å². The fraction of sp³-hybridized carbons (Fsp3) is 0.458. The van der Waals surface area contributed by atoms with Crippen LogP contribution in [-0.2, 0) is 14.8 Å². The Morgan fingerprint density at radius 2 is 1.65 bits per heavy atom. The summed E-state index contributed by atoms with van der Waals surface area (Å²) in [6.07, 6.45) is 1.30. The topological polar surface area (TPSA) is 69.7 Å². The van der Waals surface area contributed by atoms with Gasteiger partial charge in [0.05, 0.1) is 16.9 Å². The first-order chi connectivity index (χ1) is 14.8. The zero-order chi connectivity index (χ0) is 22.1.